The molecule has 4 nitrogen and oxygen atoms in total. The molecule has 7 heteroatoms. The van der Waals surface area contributed by atoms with Gasteiger partial charge in [0.2, 0.25) is 5.91 Å². The van der Waals surface area contributed by atoms with Crippen molar-refractivity contribution in [3.63, 3.8) is 0 Å². The number of carbonyl (C=O) groups is 1. The van der Waals surface area contributed by atoms with E-state index in [1.54, 1.807) is 23.9 Å². The first-order valence-electron chi connectivity index (χ1n) is 7.30. The molecule has 3 rings (SSSR count). The van der Waals surface area contributed by atoms with E-state index in [9.17, 15) is 4.79 Å². The van der Waals surface area contributed by atoms with Crippen LogP contribution in [0.2, 0.25) is 10.0 Å². The van der Waals surface area contributed by atoms with Gasteiger partial charge in [-0.1, -0.05) is 23.2 Å². The second kappa shape index (κ2) is 6.38. The fraction of sp³-hybridized carbons (Fsp3) is 0.375. The third-order valence-electron chi connectivity index (χ3n) is 3.58. The fourth-order valence-corrected chi connectivity index (χ4v) is 4.09. The molecule has 0 aliphatic carbocycles. The predicted molar refractivity (Wildman–Crippen MR) is 98.1 cm³/mol. The Morgan fingerprint density at radius 1 is 1.35 bits per heavy atom. The number of benzene rings is 1. The van der Waals surface area contributed by atoms with E-state index >= 15 is 0 Å². The Morgan fingerprint density at radius 2 is 2.13 bits per heavy atom. The van der Waals surface area contributed by atoms with Crippen LogP contribution in [0.3, 0.4) is 0 Å². The molecular weight excluding hydrogens is 353 g/mol. The van der Waals surface area contributed by atoms with E-state index in [1.165, 1.54) is 0 Å². The third kappa shape index (κ3) is 3.67. The molecule has 2 N–H and O–H groups in total. The molecule has 0 radical (unpaired) electrons. The molecule has 2 heterocycles. The van der Waals surface area contributed by atoms with Crippen molar-refractivity contribution in [3.05, 3.63) is 39.5 Å². The zero-order valence-corrected chi connectivity index (χ0v) is 15.1. The summed E-state index contributed by atoms with van der Waals surface area (Å²) in [6.45, 7) is 4.07. The van der Waals surface area contributed by atoms with Gasteiger partial charge in [-0.25, -0.2) is 0 Å². The zero-order valence-electron chi connectivity index (χ0n) is 12.8. The Hall–Kier alpha value is -1.17. The molecular formula is C16H17Cl2N3OS. The van der Waals surface area contributed by atoms with Crippen molar-refractivity contribution in [2.45, 2.75) is 31.2 Å². The van der Waals surface area contributed by atoms with Crippen LogP contribution in [0.5, 0.6) is 0 Å². The number of amides is 1. The second-order valence-electron chi connectivity index (χ2n) is 6.06. The highest BCUT2D eigenvalue weighted by Gasteiger charge is 2.32. The summed E-state index contributed by atoms with van der Waals surface area (Å²) in [6, 6.07) is 5.34. The first-order valence-corrected chi connectivity index (χ1v) is 9.10. The standard InChI is InChI=1S/C16H17Cl2N3OS/c1-16(2)8-19-13(10-4-3-9(17)7-11(10)18)14(21-16)15-20-12(22)5-6-23-15/h3-4,7-8,15,21H,5-6H2,1-2H3,(H,20,22). The molecule has 122 valence electrons. The van der Waals surface area contributed by atoms with Gasteiger partial charge in [0.25, 0.3) is 0 Å². The predicted octanol–water partition coefficient (Wildman–Crippen LogP) is 3.69. The Kier molecular flexibility index (Phi) is 4.63. The molecule has 0 aromatic heterocycles. The van der Waals surface area contributed by atoms with Gasteiger partial charge in [-0.15, -0.1) is 11.8 Å². The molecule has 0 spiro atoms. The molecule has 1 atom stereocenters. The summed E-state index contributed by atoms with van der Waals surface area (Å²) in [5.41, 5.74) is 2.12. The summed E-state index contributed by atoms with van der Waals surface area (Å²) in [5, 5.41) is 7.45. The number of hydrogen-bond donors (Lipinski definition) is 2. The van der Waals surface area contributed by atoms with E-state index in [1.807, 2.05) is 26.1 Å². The summed E-state index contributed by atoms with van der Waals surface area (Å²) in [7, 11) is 0. The molecule has 1 unspecified atom stereocenters. The van der Waals surface area contributed by atoms with E-state index in [4.69, 9.17) is 23.2 Å². The van der Waals surface area contributed by atoms with Gasteiger partial charge < -0.3 is 10.6 Å². The van der Waals surface area contributed by atoms with Crippen molar-refractivity contribution < 1.29 is 4.79 Å². The first kappa shape index (κ1) is 16.7. The molecule has 23 heavy (non-hydrogen) atoms. The van der Waals surface area contributed by atoms with Crippen LogP contribution in [0.25, 0.3) is 5.70 Å². The minimum Gasteiger partial charge on any atom is -0.374 e. The average molecular weight is 370 g/mol. The Balaban J connectivity index is 2.07. The van der Waals surface area contributed by atoms with Crippen molar-refractivity contribution in [2.75, 3.05) is 5.75 Å². The lowest BCUT2D eigenvalue weighted by Gasteiger charge is -2.35. The number of carbonyl (C=O) groups excluding carboxylic acids is 1. The van der Waals surface area contributed by atoms with Crippen molar-refractivity contribution in [3.8, 4) is 0 Å². The van der Waals surface area contributed by atoms with Crippen LogP contribution in [0, 0.1) is 0 Å². The van der Waals surface area contributed by atoms with Crippen molar-refractivity contribution in [2.24, 2.45) is 4.99 Å². The number of hydrogen-bond acceptors (Lipinski definition) is 4. The molecule has 1 saturated heterocycles. The minimum atomic E-state index is -0.291. The quantitative estimate of drug-likeness (QED) is 0.835. The number of nitrogens with zero attached hydrogens (tertiary/aromatic N) is 1. The van der Waals surface area contributed by atoms with E-state index in [0.717, 1.165) is 22.7 Å². The van der Waals surface area contributed by atoms with Crippen LogP contribution in [0.4, 0.5) is 0 Å². The topological polar surface area (TPSA) is 53.5 Å². The van der Waals surface area contributed by atoms with Gasteiger partial charge in [0, 0.05) is 29.0 Å². The van der Waals surface area contributed by atoms with Gasteiger partial charge in [0.15, 0.2) is 0 Å². The van der Waals surface area contributed by atoms with Crippen LogP contribution in [0.1, 0.15) is 25.8 Å². The van der Waals surface area contributed by atoms with Crippen molar-refractivity contribution >= 4 is 52.8 Å². The summed E-state index contributed by atoms with van der Waals surface area (Å²) in [4.78, 5) is 16.4. The van der Waals surface area contributed by atoms with Gasteiger partial charge in [-0.3, -0.25) is 9.79 Å². The minimum absolute atomic E-state index is 0.0527. The maximum absolute atomic E-state index is 11.8. The highest BCUT2D eigenvalue weighted by Crippen LogP contribution is 2.35. The first-order chi connectivity index (χ1) is 10.9. The maximum atomic E-state index is 11.8. The zero-order chi connectivity index (χ0) is 16.6. The average Bonchev–Trinajstić information content (AvgIpc) is 2.47. The highest BCUT2D eigenvalue weighted by atomic mass is 35.5. The van der Waals surface area contributed by atoms with Crippen molar-refractivity contribution in [1.82, 2.24) is 10.6 Å². The molecule has 1 aromatic carbocycles. The number of aliphatic imine (C=N–C) groups is 1. The van der Waals surface area contributed by atoms with E-state index in [2.05, 4.69) is 15.6 Å². The summed E-state index contributed by atoms with van der Waals surface area (Å²) in [5.74, 6) is 0.838. The van der Waals surface area contributed by atoms with E-state index in [-0.39, 0.29) is 16.8 Å². The third-order valence-corrected chi connectivity index (χ3v) is 5.26. The van der Waals surface area contributed by atoms with Gasteiger partial charge >= 0.3 is 0 Å². The Labute approximate surface area is 149 Å². The number of halogens is 2. The Bertz CT molecular complexity index is 715. The number of nitrogens with one attached hydrogen (secondary N) is 2. The van der Waals surface area contributed by atoms with Crippen LogP contribution in [-0.2, 0) is 4.79 Å². The van der Waals surface area contributed by atoms with Gasteiger partial charge in [0.05, 0.1) is 22.0 Å². The smallest absolute Gasteiger partial charge is 0.222 e. The number of thioether (sulfide) groups is 1. The van der Waals surface area contributed by atoms with Crippen LogP contribution < -0.4 is 10.6 Å². The van der Waals surface area contributed by atoms with Crippen LogP contribution in [-0.4, -0.2) is 28.8 Å². The Morgan fingerprint density at radius 3 is 2.83 bits per heavy atom. The van der Waals surface area contributed by atoms with Crippen LogP contribution >= 0.6 is 35.0 Å². The monoisotopic (exact) mass is 369 g/mol. The van der Waals surface area contributed by atoms with Gasteiger partial charge in [0.1, 0.15) is 5.37 Å². The SMILES string of the molecule is CC1(C)C=NC(c2ccc(Cl)cc2Cl)=C(C2NC(=O)CCS2)N1. The fourth-order valence-electron chi connectivity index (χ4n) is 2.50. The molecule has 0 saturated carbocycles. The van der Waals surface area contributed by atoms with Crippen molar-refractivity contribution in [1.29, 1.82) is 0 Å². The lowest BCUT2D eigenvalue weighted by Crippen LogP contribution is -2.50. The summed E-state index contributed by atoms with van der Waals surface area (Å²) >= 11 is 14.0. The highest BCUT2D eigenvalue weighted by molar-refractivity contribution is 8.00. The molecule has 1 amide bonds. The normalized spacial score (nSPS) is 23.5. The largest absolute Gasteiger partial charge is 0.374 e. The lowest BCUT2D eigenvalue weighted by atomic mass is 10.0. The van der Waals surface area contributed by atoms with Crippen LogP contribution in [0.15, 0.2) is 28.9 Å². The molecule has 1 aromatic rings. The second-order valence-corrected chi connectivity index (χ2v) is 8.12. The molecule has 2 aliphatic rings. The maximum Gasteiger partial charge on any atom is 0.222 e. The van der Waals surface area contributed by atoms with Gasteiger partial charge in [-0.05, 0) is 32.0 Å². The van der Waals surface area contributed by atoms with E-state index < -0.39 is 0 Å². The van der Waals surface area contributed by atoms with E-state index in [0.29, 0.717) is 16.5 Å². The summed E-state index contributed by atoms with van der Waals surface area (Å²) in [6.07, 6.45) is 2.39. The van der Waals surface area contributed by atoms with Gasteiger partial charge in [-0.2, -0.15) is 0 Å². The lowest BCUT2D eigenvalue weighted by molar-refractivity contribution is -0.120. The number of rotatable bonds is 2. The summed E-state index contributed by atoms with van der Waals surface area (Å²) < 4.78 is 0. The molecule has 2 aliphatic heterocycles. The molecule has 0 bridgehead atoms. The molecule has 1 fully saturated rings.